The molecule has 0 radical (unpaired) electrons. The van der Waals surface area contributed by atoms with Crippen molar-refractivity contribution in [3.63, 3.8) is 0 Å². The van der Waals surface area contributed by atoms with Crippen molar-refractivity contribution in [1.29, 1.82) is 0 Å². The molecule has 1 fully saturated rings. The third kappa shape index (κ3) is 2.57. The summed E-state index contributed by atoms with van der Waals surface area (Å²) in [6.45, 7) is 6.08. The van der Waals surface area contributed by atoms with E-state index in [1.807, 2.05) is 6.92 Å². The number of piperidine rings is 1. The number of carbonyl (C=O) groups excluding carboxylic acids is 1. The monoisotopic (exact) mass is 277 g/mol. The van der Waals surface area contributed by atoms with Crippen LogP contribution in [0.1, 0.15) is 50.8 Å². The molecule has 0 aromatic carbocycles. The van der Waals surface area contributed by atoms with Crippen LogP contribution in [0.25, 0.3) is 0 Å². The summed E-state index contributed by atoms with van der Waals surface area (Å²) in [4.78, 5) is 12.3. The van der Waals surface area contributed by atoms with Crippen molar-refractivity contribution in [2.24, 2.45) is 5.92 Å². The van der Waals surface area contributed by atoms with Crippen LogP contribution in [0.3, 0.4) is 0 Å². The quantitative estimate of drug-likeness (QED) is 0.857. The first-order valence-corrected chi connectivity index (χ1v) is 7.61. The third-order valence-corrected chi connectivity index (χ3v) is 4.37. The van der Waals surface area contributed by atoms with Gasteiger partial charge in [-0.2, -0.15) is 0 Å². The van der Waals surface area contributed by atoms with E-state index in [4.69, 9.17) is 0 Å². The minimum atomic E-state index is -0.0825. The highest BCUT2D eigenvalue weighted by atomic mass is 16.2. The lowest BCUT2D eigenvalue weighted by Gasteiger charge is -2.28. The van der Waals surface area contributed by atoms with Crippen LogP contribution in [0.4, 0.5) is 0 Å². The molecule has 20 heavy (non-hydrogen) atoms. The molecule has 110 valence electrons. The van der Waals surface area contributed by atoms with Crippen LogP contribution in [-0.4, -0.2) is 33.3 Å². The van der Waals surface area contributed by atoms with Gasteiger partial charge < -0.3 is 15.2 Å². The van der Waals surface area contributed by atoms with Crippen LogP contribution in [0.15, 0.2) is 0 Å². The zero-order valence-electron chi connectivity index (χ0n) is 12.2. The zero-order chi connectivity index (χ0) is 14.1. The SMILES string of the molecule is CC1CCNC(C(=O)NC(C)c2nnc3n2CCC3)C1. The number of carbonyl (C=O) groups is 1. The van der Waals surface area contributed by atoms with Crippen molar-refractivity contribution in [3.8, 4) is 0 Å². The lowest BCUT2D eigenvalue weighted by atomic mass is 9.94. The molecule has 0 saturated carbocycles. The second-order valence-corrected chi connectivity index (χ2v) is 6.10. The number of rotatable bonds is 3. The van der Waals surface area contributed by atoms with Crippen molar-refractivity contribution >= 4 is 5.91 Å². The number of aromatic nitrogens is 3. The smallest absolute Gasteiger partial charge is 0.237 e. The second-order valence-electron chi connectivity index (χ2n) is 6.10. The van der Waals surface area contributed by atoms with Crippen LogP contribution >= 0.6 is 0 Å². The van der Waals surface area contributed by atoms with E-state index in [9.17, 15) is 4.79 Å². The number of aryl methyl sites for hydroxylation is 1. The molecule has 0 spiro atoms. The molecule has 2 aliphatic rings. The second kappa shape index (κ2) is 5.52. The molecule has 3 atom stereocenters. The van der Waals surface area contributed by atoms with E-state index < -0.39 is 0 Å². The molecule has 3 rings (SSSR count). The van der Waals surface area contributed by atoms with Crippen LogP contribution in [-0.2, 0) is 17.8 Å². The summed E-state index contributed by atoms with van der Waals surface area (Å²) in [6.07, 6.45) is 4.18. The van der Waals surface area contributed by atoms with Crippen molar-refractivity contribution in [2.45, 2.75) is 58.2 Å². The fourth-order valence-electron chi connectivity index (χ4n) is 3.18. The maximum Gasteiger partial charge on any atom is 0.237 e. The molecule has 1 amide bonds. The first-order chi connectivity index (χ1) is 9.65. The zero-order valence-corrected chi connectivity index (χ0v) is 12.2. The molecule has 1 aromatic heterocycles. The van der Waals surface area contributed by atoms with Crippen molar-refractivity contribution in [1.82, 2.24) is 25.4 Å². The van der Waals surface area contributed by atoms with E-state index in [0.29, 0.717) is 5.92 Å². The Kier molecular flexibility index (Phi) is 3.74. The van der Waals surface area contributed by atoms with Gasteiger partial charge in [0.25, 0.3) is 0 Å². The van der Waals surface area contributed by atoms with Crippen molar-refractivity contribution in [3.05, 3.63) is 11.6 Å². The van der Waals surface area contributed by atoms with Gasteiger partial charge in [-0.3, -0.25) is 4.79 Å². The molecular formula is C14H23N5O. The summed E-state index contributed by atoms with van der Waals surface area (Å²) in [5.41, 5.74) is 0. The first kappa shape index (κ1) is 13.5. The Morgan fingerprint density at radius 3 is 3.15 bits per heavy atom. The van der Waals surface area contributed by atoms with Gasteiger partial charge in [-0.05, 0) is 38.6 Å². The van der Waals surface area contributed by atoms with Gasteiger partial charge in [-0.25, -0.2) is 0 Å². The van der Waals surface area contributed by atoms with Gasteiger partial charge in [-0.1, -0.05) is 6.92 Å². The minimum Gasteiger partial charge on any atom is -0.345 e. The van der Waals surface area contributed by atoms with E-state index in [0.717, 1.165) is 50.4 Å². The summed E-state index contributed by atoms with van der Waals surface area (Å²) in [5.74, 6) is 2.62. The fourth-order valence-corrected chi connectivity index (χ4v) is 3.18. The highest BCUT2D eigenvalue weighted by Crippen LogP contribution is 2.20. The highest BCUT2D eigenvalue weighted by molar-refractivity contribution is 5.82. The summed E-state index contributed by atoms with van der Waals surface area (Å²) in [6, 6.07) is -0.150. The summed E-state index contributed by atoms with van der Waals surface area (Å²) in [5, 5.41) is 14.8. The molecule has 1 aromatic rings. The fraction of sp³-hybridized carbons (Fsp3) is 0.786. The van der Waals surface area contributed by atoms with Crippen molar-refractivity contribution < 1.29 is 4.79 Å². The van der Waals surface area contributed by atoms with Crippen LogP contribution < -0.4 is 10.6 Å². The molecule has 1 saturated heterocycles. The molecule has 2 aliphatic heterocycles. The van der Waals surface area contributed by atoms with Crippen LogP contribution in [0.5, 0.6) is 0 Å². The average Bonchev–Trinajstić information content (AvgIpc) is 3.00. The van der Waals surface area contributed by atoms with Crippen LogP contribution in [0.2, 0.25) is 0 Å². The maximum absolute atomic E-state index is 12.3. The number of hydrogen-bond donors (Lipinski definition) is 2. The predicted molar refractivity (Wildman–Crippen MR) is 75.1 cm³/mol. The van der Waals surface area contributed by atoms with E-state index in [1.54, 1.807) is 0 Å². The molecule has 3 heterocycles. The normalized spacial score (nSPS) is 27.1. The summed E-state index contributed by atoms with van der Waals surface area (Å²) in [7, 11) is 0. The van der Waals surface area contributed by atoms with Crippen molar-refractivity contribution in [2.75, 3.05) is 6.54 Å². The van der Waals surface area contributed by atoms with Gasteiger partial charge in [0.2, 0.25) is 5.91 Å². The lowest BCUT2D eigenvalue weighted by Crippen LogP contribution is -2.49. The number of amides is 1. The van der Waals surface area contributed by atoms with Gasteiger partial charge in [0.1, 0.15) is 5.82 Å². The van der Waals surface area contributed by atoms with E-state index in [1.165, 1.54) is 0 Å². The standard InChI is InChI=1S/C14H23N5O/c1-9-5-6-15-11(8-9)14(20)16-10(2)13-18-17-12-4-3-7-19(12)13/h9-11,15H,3-8H2,1-2H3,(H,16,20). The van der Waals surface area contributed by atoms with E-state index in [2.05, 4.69) is 32.3 Å². The van der Waals surface area contributed by atoms with Gasteiger partial charge >= 0.3 is 0 Å². The Labute approximate surface area is 119 Å². The maximum atomic E-state index is 12.3. The Hall–Kier alpha value is -1.43. The number of hydrogen-bond acceptors (Lipinski definition) is 4. The third-order valence-electron chi connectivity index (χ3n) is 4.37. The van der Waals surface area contributed by atoms with E-state index in [-0.39, 0.29) is 18.0 Å². The predicted octanol–water partition coefficient (Wildman–Crippen LogP) is 0.790. The number of nitrogens with zero attached hydrogens (tertiary/aromatic N) is 3. The lowest BCUT2D eigenvalue weighted by molar-refractivity contribution is -0.124. The topological polar surface area (TPSA) is 71.8 Å². The largest absolute Gasteiger partial charge is 0.345 e. The van der Waals surface area contributed by atoms with Crippen LogP contribution in [0, 0.1) is 5.92 Å². The molecule has 0 bridgehead atoms. The average molecular weight is 277 g/mol. The Morgan fingerprint density at radius 1 is 1.50 bits per heavy atom. The van der Waals surface area contributed by atoms with Gasteiger partial charge in [0.05, 0.1) is 12.1 Å². The summed E-state index contributed by atoms with van der Waals surface area (Å²) >= 11 is 0. The van der Waals surface area contributed by atoms with Gasteiger partial charge in [0.15, 0.2) is 5.82 Å². The highest BCUT2D eigenvalue weighted by Gasteiger charge is 2.27. The molecule has 6 nitrogen and oxygen atoms in total. The molecular weight excluding hydrogens is 254 g/mol. The Balaban J connectivity index is 1.63. The minimum absolute atomic E-state index is 0.0674. The molecule has 0 aliphatic carbocycles. The molecule has 2 N–H and O–H groups in total. The number of fused-ring (bicyclic) bond motifs is 1. The first-order valence-electron chi connectivity index (χ1n) is 7.61. The summed E-state index contributed by atoms with van der Waals surface area (Å²) < 4.78 is 2.14. The number of nitrogens with one attached hydrogen (secondary N) is 2. The molecule has 3 unspecified atom stereocenters. The Morgan fingerprint density at radius 2 is 2.35 bits per heavy atom. The van der Waals surface area contributed by atoms with Gasteiger partial charge in [0, 0.05) is 13.0 Å². The molecule has 6 heteroatoms. The van der Waals surface area contributed by atoms with E-state index >= 15 is 0 Å². The Bertz CT molecular complexity index is 498. The van der Waals surface area contributed by atoms with Gasteiger partial charge in [-0.15, -0.1) is 10.2 Å².